The van der Waals surface area contributed by atoms with Gasteiger partial charge in [0.05, 0.1) is 11.3 Å². The first-order valence-corrected chi connectivity index (χ1v) is 6.49. The number of amides is 2. The Kier molecular flexibility index (Phi) is 5.63. The smallest absolute Gasteiger partial charge is 0.337 e. The number of halogens is 2. The molecule has 5 nitrogen and oxygen atoms in total. The van der Waals surface area contributed by atoms with Gasteiger partial charge in [0, 0.05) is 12.6 Å². The van der Waals surface area contributed by atoms with E-state index in [1.165, 1.54) is 0 Å². The van der Waals surface area contributed by atoms with Gasteiger partial charge < -0.3 is 15.7 Å². The second-order valence-corrected chi connectivity index (χ2v) is 5.17. The lowest BCUT2D eigenvalue weighted by molar-refractivity contribution is 0.0697. The molecule has 1 aromatic rings. The van der Waals surface area contributed by atoms with E-state index in [-0.39, 0.29) is 11.6 Å². The molecule has 1 aromatic carbocycles. The molecule has 1 rings (SSSR count). The number of urea groups is 1. The first kappa shape index (κ1) is 16.9. The highest BCUT2D eigenvalue weighted by molar-refractivity contribution is 6.00. The highest BCUT2D eigenvalue weighted by Crippen LogP contribution is 2.20. The molecule has 0 aromatic heterocycles. The third kappa shape index (κ3) is 4.70. The molecule has 0 bridgehead atoms. The van der Waals surface area contributed by atoms with Crippen molar-refractivity contribution in [1.29, 1.82) is 0 Å². The molecule has 0 radical (unpaired) electrons. The molecular formula is C14H18F2N2O3. The molecule has 0 aliphatic rings. The summed E-state index contributed by atoms with van der Waals surface area (Å²) in [6.45, 7) is 6.34. The number of carbonyl (C=O) groups is 2. The summed E-state index contributed by atoms with van der Waals surface area (Å²) in [5.74, 6) is -3.39. The predicted octanol–water partition coefficient (Wildman–Crippen LogP) is 3.08. The number of hydrogen-bond acceptors (Lipinski definition) is 2. The van der Waals surface area contributed by atoms with Crippen molar-refractivity contribution in [2.45, 2.75) is 20.8 Å². The lowest BCUT2D eigenvalue weighted by Gasteiger charge is -2.17. The van der Waals surface area contributed by atoms with E-state index in [1.807, 2.05) is 20.8 Å². The molecule has 0 saturated heterocycles. The third-order valence-electron chi connectivity index (χ3n) is 3.26. The topological polar surface area (TPSA) is 78.4 Å². The van der Waals surface area contributed by atoms with Crippen molar-refractivity contribution in [3.8, 4) is 0 Å². The fraction of sp³-hybridized carbons (Fsp3) is 0.429. The van der Waals surface area contributed by atoms with Gasteiger partial charge in [-0.2, -0.15) is 0 Å². The first-order valence-electron chi connectivity index (χ1n) is 6.49. The molecule has 0 fully saturated rings. The second kappa shape index (κ2) is 7.01. The molecule has 7 heteroatoms. The number of benzene rings is 1. The number of carboxylic acids is 1. The van der Waals surface area contributed by atoms with Crippen LogP contribution in [0.2, 0.25) is 0 Å². The van der Waals surface area contributed by atoms with Crippen LogP contribution in [0.1, 0.15) is 31.1 Å². The van der Waals surface area contributed by atoms with Crippen LogP contribution in [-0.2, 0) is 0 Å². The van der Waals surface area contributed by atoms with Crippen molar-refractivity contribution in [2.75, 3.05) is 11.9 Å². The Morgan fingerprint density at radius 1 is 1.19 bits per heavy atom. The maximum absolute atomic E-state index is 13.2. The molecule has 3 N–H and O–H groups in total. The van der Waals surface area contributed by atoms with Gasteiger partial charge in [0.25, 0.3) is 0 Å². The summed E-state index contributed by atoms with van der Waals surface area (Å²) < 4.78 is 26.2. The standard InChI is InChI=1S/C14H18F2N2O3/c1-7(2)8(3)6-17-14(21)18-12-5-11(16)10(15)4-9(12)13(19)20/h4-5,7-8H,6H2,1-3H3,(H,19,20)(H2,17,18,21). The number of carbonyl (C=O) groups excluding carboxylic acids is 1. The van der Waals surface area contributed by atoms with E-state index in [1.54, 1.807) is 0 Å². The Labute approximate surface area is 121 Å². The van der Waals surface area contributed by atoms with Gasteiger partial charge in [-0.05, 0) is 17.9 Å². The van der Waals surface area contributed by atoms with Crippen molar-refractivity contribution in [1.82, 2.24) is 5.32 Å². The molecule has 116 valence electrons. The zero-order valence-electron chi connectivity index (χ0n) is 12.0. The van der Waals surface area contributed by atoms with E-state index < -0.39 is 29.2 Å². The zero-order valence-corrected chi connectivity index (χ0v) is 12.0. The fourth-order valence-corrected chi connectivity index (χ4v) is 1.48. The first-order chi connectivity index (χ1) is 9.72. The van der Waals surface area contributed by atoms with Crippen molar-refractivity contribution in [3.63, 3.8) is 0 Å². The Balaban J connectivity index is 2.80. The van der Waals surface area contributed by atoms with Crippen molar-refractivity contribution >= 4 is 17.7 Å². The van der Waals surface area contributed by atoms with Crippen molar-refractivity contribution in [3.05, 3.63) is 29.3 Å². The third-order valence-corrected chi connectivity index (χ3v) is 3.26. The lowest BCUT2D eigenvalue weighted by atomic mass is 9.98. The van der Waals surface area contributed by atoms with E-state index in [0.29, 0.717) is 24.6 Å². The number of rotatable bonds is 5. The molecule has 0 aliphatic heterocycles. The molecule has 0 aliphatic carbocycles. The summed E-state index contributed by atoms with van der Waals surface area (Å²) in [6.07, 6.45) is 0. The minimum Gasteiger partial charge on any atom is -0.478 e. The lowest BCUT2D eigenvalue weighted by Crippen LogP contribution is -2.34. The summed E-state index contributed by atoms with van der Waals surface area (Å²) in [7, 11) is 0. The van der Waals surface area contributed by atoms with Crippen LogP contribution in [0.5, 0.6) is 0 Å². The number of nitrogens with one attached hydrogen (secondary N) is 2. The Morgan fingerprint density at radius 3 is 2.29 bits per heavy atom. The molecule has 1 atom stereocenters. The van der Waals surface area contributed by atoms with Gasteiger partial charge in [0.2, 0.25) is 0 Å². The van der Waals surface area contributed by atoms with Gasteiger partial charge >= 0.3 is 12.0 Å². The van der Waals surface area contributed by atoms with E-state index in [4.69, 9.17) is 5.11 Å². The maximum atomic E-state index is 13.2. The monoisotopic (exact) mass is 300 g/mol. The average Bonchev–Trinajstić information content (AvgIpc) is 2.39. The van der Waals surface area contributed by atoms with Crippen LogP contribution in [0.3, 0.4) is 0 Å². The van der Waals surface area contributed by atoms with Crippen LogP contribution in [0.25, 0.3) is 0 Å². The van der Waals surface area contributed by atoms with Crippen LogP contribution < -0.4 is 10.6 Å². The van der Waals surface area contributed by atoms with Crippen molar-refractivity contribution < 1.29 is 23.5 Å². The van der Waals surface area contributed by atoms with E-state index in [2.05, 4.69) is 10.6 Å². The van der Waals surface area contributed by atoms with Gasteiger partial charge in [-0.1, -0.05) is 20.8 Å². The SMILES string of the molecule is CC(C)C(C)CNC(=O)Nc1cc(F)c(F)cc1C(=O)O. The summed E-state index contributed by atoms with van der Waals surface area (Å²) >= 11 is 0. The minimum absolute atomic E-state index is 0.222. The minimum atomic E-state index is -1.46. The van der Waals surface area contributed by atoms with Gasteiger partial charge in [0.15, 0.2) is 11.6 Å². The van der Waals surface area contributed by atoms with E-state index in [9.17, 15) is 18.4 Å². The fourth-order valence-electron chi connectivity index (χ4n) is 1.48. The molecule has 0 heterocycles. The molecule has 0 spiro atoms. The van der Waals surface area contributed by atoms with Gasteiger partial charge in [0.1, 0.15) is 0 Å². The van der Waals surface area contributed by atoms with Crippen LogP contribution in [0, 0.1) is 23.5 Å². The maximum Gasteiger partial charge on any atom is 0.337 e. The Morgan fingerprint density at radius 2 is 1.76 bits per heavy atom. The highest BCUT2D eigenvalue weighted by Gasteiger charge is 2.17. The summed E-state index contributed by atoms with van der Waals surface area (Å²) in [6, 6.07) is 0.505. The molecule has 1 unspecified atom stereocenters. The Bertz CT molecular complexity index is 547. The number of carboxylic acid groups (broad SMARTS) is 1. The number of anilines is 1. The summed E-state index contributed by atoms with van der Waals surface area (Å²) in [5, 5.41) is 13.7. The molecular weight excluding hydrogens is 282 g/mol. The molecule has 0 saturated carbocycles. The van der Waals surface area contributed by atoms with Crippen LogP contribution in [0.15, 0.2) is 12.1 Å². The van der Waals surface area contributed by atoms with E-state index >= 15 is 0 Å². The highest BCUT2D eigenvalue weighted by atomic mass is 19.2. The van der Waals surface area contributed by atoms with E-state index in [0.717, 1.165) is 0 Å². The van der Waals surface area contributed by atoms with Gasteiger partial charge in [-0.25, -0.2) is 18.4 Å². The average molecular weight is 300 g/mol. The second-order valence-electron chi connectivity index (χ2n) is 5.17. The molecule has 2 amide bonds. The largest absolute Gasteiger partial charge is 0.478 e. The van der Waals surface area contributed by atoms with Crippen LogP contribution >= 0.6 is 0 Å². The van der Waals surface area contributed by atoms with Crippen molar-refractivity contribution in [2.24, 2.45) is 11.8 Å². The molecule has 21 heavy (non-hydrogen) atoms. The summed E-state index contributed by atoms with van der Waals surface area (Å²) in [5.41, 5.74) is -0.808. The van der Waals surface area contributed by atoms with Gasteiger partial charge in [-0.3, -0.25) is 0 Å². The quantitative estimate of drug-likeness (QED) is 0.782. The predicted molar refractivity (Wildman–Crippen MR) is 74.3 cm³/mol. The van der Waals surface area contributed by atoms with Gasteiger partial charge in [-0.15, -0.1) is 0 Å². The van der Waals surface area contributed by atoms with Crippen LogP contribution in [0.4, 0.5) is 19.3 Å². The Hall–Kier alpha value is -2.18. The van der Waals surface area contributed by atoms with Crippen LogP contribution in [-0.4, -0.2) is 23.7 Å². The normalized spacial score (nSPS) is 12.1. The number of aromatic carboxylic acids is 1. The number of hydrogen-bond donors (Lipinski definition) is 3. The summed E-state index contributed by atoms with van der Waals surface area (Å²) in [4.78, 5) is 22.6. The zero-order chi connectivity index (χ0) is 16.2.